The van der Waals surface area contributed by atoms with Gasteiger partial charge in [0.2, 0.25) is 0 Å². The van der Waals surface area contributed by atoms with Crippen molar-refractivity contribution in [2.24, 2.45) is 0 Å². The zero-order valence-electron chi connectivity index (χ0n) is 14.3. The Kier molecular flexibility index (Phi) is 5.98. The molecule has 0 aliphatic carbocycles. The highest BCUT2D eigenvalue weighted by Gasteiger charge is 2.53. The van der Waals surface area contributed by atoms with E-state index in [9.17, 15) is 23.2 Å². The Morgan fingerprint density at radius 2 is 1.34 bits per heavy atom. The molecular weight excluding hydrogens is 482 g/mol. The van der Waals surface area contributed by atoms with Crippen molar-refractivity contribution in [2.75, 3.05) is 0 Å². The minimum Gasteiger partial charge on any atom is -0.504 e. The third-order valence-electron chi connectivity index (χ3n) is 4.41. The van der Waals surface area contributed by atoms with Crippen LogP contribution in [0.2, 0.25) is 20.1 Å². The molecule has 0 heterocycles. The van der Waals surface area contributed by atoms with Crippen molar-refractivity contribution in [2.45, 2.75) is 4.75 Å². The van der Waals surface area contributed by atoms with Crippen LogP contribution in [0.5, 0.6) is 11.5 Å². The summed E-state index contributed by atoms with van der Waals surface area (Å²) in [6.45, 7) is 0. The Bertz CT molecular complexity index is 1190. The molecule has 0 fully saturated rings. The van der Waals surface area contributed by atoms with Crippen molar-refractivity contribution < 1.29 is 23.2 Å². The van der Waals surface area contributed by atoms with Gasteiger partial charge in [0, 0.05) is 26.2 Å². The molecule has 5 nitrogen and oxygen atoms in total. The molecule has 10 heteroatoms. The molecule has 0 saturated heterocycles. The van der Waals surface area contributed by atoms with E-state index in [0.717, 1.165) is 6.07 Å². The third-order valence-corrected chi connectivity index (χ3v) is 7.02. The summed E-state index contributed by atoms with van der Waals surface area (Å²) < 4.78 is 33.9. The van der Waals surface area contributed by atoms with Gasteiger partial charge in [0.25, 0.3) is 10.1 Å². The molecule has 0 bridgehead atoms. The lowest BCUT2D eigenvalue weighted by molar-refractivity contribution is 0.394. The number of rotatable bonds is 4. The van der Waals surface area contributed by atoms with E-state index >= 15 is 0 Å². The number of benzene rings is 3. The number of aromatic hydroxyl groups is 2. The number of hydrogen-bond donors (Lipinski definition) is 3. The molecule has 0 aliphatic rings. The maximum Gasteiger partial charge on any atom is 0.283 e. The first-order valence-corrected chi connectivity index (χ1v) is 10.9. The predicted octanol–water partition coefficient (Wildman–Crippen LogP) is 5.89. The van der Waals surface area contributed by atoms with Gasteiger partial charge in [-0.2, -0.15) is 8.42 Å². The Balaban J connectivity index is 2.66. The largest absolute Gasteiger partial charge is 0.504 e. The van der Waals surface area contributed by atoms with E-state index in [0.29, 0.717) is 0 Å². The van der Waals surface area contributed by atoms with Crippen LogP contribution in [0.15, 0.2) is 54.6 Å². The molecule has 3 aromatic rings. The highest BCUT2D eigenvalue weighted by Crippen LogP contribution is 2.53. The van der Waals surface area contributed by atoms with Gasteiger partial charge >= 0.3 is 0 Å². The summed E-state index contributed by atoms with van der Waals surface area (Å²) >= 11 is 24.6. The second-order valence-corrected chi connectivity index (χ2v) is 9.28. The molecule has 1 atom stereocenters. The number of phenolic OH excluding ortho intramolecular Hbond substituents is 2. The first-order valence-electron chi connectivity index (χ1n) is 7.90. The van der Waals surface area contributed by atoms with Crippen LogP contribution in [-0.4, -0.2) is 23.2 Å². The lowest BCUT2D eigenvalue weighted by atomic mass is 9.83. The number of phenols is 2. The Morgan fingerprint density at radius 3 is 1.90 bits per heavy atom. The Labute approximate surface area is 186 Å². The van der Waals surface area contributed by atoms with Crippen LogP contribution in [0.25, 0.3) is 0 Å². The van der Waals surface area contributed by atoms with Crippen LogP contribution in [-0.2, 0) is 14.9 Å². The van der Waals surface area contributed by atoms with E-state index in [-0.39, 0.29) is 31.2 Å². The van der Waals surface area contributed by atoms with Crippen LogP contribution in [0.3, 0.4) is 0 Å². The minimum atomic E-state index is -5.14. The fraction of sp³-hybridized carbons (Fsp3) is 0.0526. The SMILES string of the molecule is O=S(=O)(O)C(c1cccc(Cl)c1)(c1ccc(Cl)c(O)c1O)c1c(Cl)cccc1Cl. The van der Waals surface area contributed by atoms with Gasteiger partial charge in [-0.25, -0.2) is 0 Å². The van der Waals surface area contributed by atoms with Gasteiger partial charge in [-0.05, 0) is 35.9 Å². The molecule has 152 valence electrons. The van der Waals surface area contributed by atoms with Crippen molar-refractivity contribution >= 4 is 56.5 Å². The molecule has 3 rings (SSSR count). The van der Waals surface area contributed by atoms with Crippen molar-refractivity contribution in [1.82, 2.24) is 0 Å². The predicted molar refractivity (Wildman–Crippen MR) is 114 cm³/mol. The topological polar surface area (TPSA) is 94.8 Å². The number of halogens is 4. The van der Waals surface area contributed by atoms with Crippen molar-refractivity contribution in [3.8, 4) is 11.5 Å². The van der Waals surface area contributed by atoms with E-state index in [2.05, 4.69) is 0 Å². The second-order valence-electron chi connectivity index (χ2n) is 6.06. The maximum absolute atomic E-state index is 13.0. The summed E-state index contributed by atoms with van der Waals surface area (Å²) in [7, 11) is -5.14. The van der Waals surface area contributed by atoms with Crippen molar-refractivity contribution in [1.29, 1.82) is 0 Å². The first-order chi connectivity index (χ1) is 13.5. The highest BCUT2D eigenvalue weighted by molar-refractivity contribution is 7.87. The minimum absolute atomic E-state index is 0.0699. The average Bonchev–Trinajstić information content (AvgIpc) is 2.63. The van der Waals surface area contributed by atoms with Gasteiger partial charge in [0.15, 0.2) is 16.2 Å². The van der Waals surface area contributed by atoms with Crippen LogP contribution < -0.4 is 0 Å². The fourth-order valence-electron chi connectivity index (χ4n) is 3.23. The summed E-state index contributed by atoms with van der Waals surface area (Å²) in [5.41, 5.74) is -0.719. The van der Waals surface area contributed by atoms with Gasteiger partial charge in [0.1, 0.15) is 0 Å². The third kappa shape index (κ3) is 3.54. The molecule has 0 spiro atoms. The van der Waals surface area contributed by atoms with Crippen molar-refractivity contribution in [3.63, 3.8) is 0 Å². The van der Waals surface area contributed by atoms with E-state index < -0.39 is 31.9 Å². The van der Waals surface area contributed by atoms with E-state index in [4.69, 9.17) is 46.4 Å². The lowest BCUT2D eigenvalue weighted by Gasteiger charge is -2.34. The summed E-state index contributed by atoms with van der Waals surface area (Å²) in [5.74, 6) is -1.64. The van der Waals surface area contributed by atoms with Gasteiger partial charge in [0.05, 0.1) is 5.02 Å². The van der Waals surface area contributed by atoms with E-state index in [1.165, 1.54) is 48.5 Å². The highest BCUT2D eigenvalue weighted by atomic mass is 35.5. The number of hydrogen-bond acceptors (Lipinski definition) is 4. The van der Waals surface area contributed by atoms with Gasteiger partial charge in [-0.1, -0.05) is 70.7 Å². The first kappa shape index (κ1) is 22.0. The Morgan fingerprint density at radius 1 is 0.759 bits per heavy atom. The smallest absolute Gasteiger partial charge is 0.283 e. The quantitative estimate of drug-likeness (QED) is 0.239. The van der Waals surface area contributed by atoms with Gasteiger partial charge < -0.3 is 10.2 Å². The summed E-state index contributed by atoms with van der Waals surface area (Å²) in [6.07, 6.45) is 0. The Hall–Kier alpha value is -1.67. The lowest BCUT2D eigenvalue weighted by Crippen LogP contribution is -2.39. The van der Waals surface area contributed by atoms with Gasteiger partial charge in [-0.15, -0.1) is 0 Å². The molecule has 0 saturated carbocycles. The molecule has 3 aromatic carbocycles. The van der Waals surface area contributed by atoms with E-state index in [1.54, 1.807) is 0 Å². The standard InChI is InChI=1S/C19H12Cl4O5S/c20-11-4-1-3-10(9-11)19(29(26,27)28,16-13(21)5-2-6-14(16)22)12-7-8-15(23)18(25)17(12)24/h1-9,24-25H,(H,26,27,28). The molecule has 0 radical (unpaired) electrons. The van der Waals surface area contributed by atoms with E-state index in [1.807, 2.05) is 0 Å². The van der Waals surface area contributed by atoms with Crippen LogP contribution in [0, 0.1) is 0 Å². The second kappa shape index (κ2) is 7.87. The normalized spacial score (nSPS) is 13.8. The molecule has 1 unspecified atom stereocenters. The molecule has 3 N–H and O–H groups in total. The van der Waals surface area contributed by atoms with Crippen LogP contribution in [0.4, 0.5) is 0 Å². The van der Waals surface area contributed by atoms with Crippen LogP contribution in [0.1, 0.15) is 16.7 Å². The maximum atomic E-state index is 13.0. The fourth-order valence-corrected chi connectivity index (χ4v) is 5.71. The van der Waals surface area contributed by atoms with Crippen molar-refractivity contribution in [3.05, 3.63) is 91.4 Å². The van der Waals surface area contributed by atoms with Gasteiger partial charge in [-0.3, -0.25) is 4.55 Å². The molecule has 0 aliphatic heterocycles. The zero-order valence-corrected chi connectivity index (χ0v) is 18.1. The summed E-state index contributed by atoms with van der Waals surface area (Å²) in [4.78, 5) is 0. The van der Waals surface area contributed by atoms with Crippen LogP contribution >= 0.6 is 46.4 Å². The zero-order chi connectivity index (χ0) is 21.6. The molecule has 29 heavy (non-hydrogen) atoms. The monoisotopic (exact) mass is 492 g/mol. The average molecular weight is 494 g/mol. The molecular formula is C19H12Cl4O5S. The molecule has 0 amide bonds. The summed E-state index contributed by atoms with van der Waals surface area (Å²) in [6, 6.07) is 12.1. The molecule has 0 aromatic heterocycles. The summed E-state index contributed by atoms with van der Waals surface area (Å²) in [5, 5.41) is 20.5.